The number of hydrogen-bond acceptors (Lipinski definition) is 3. The van der Waals surface area contributed by atoms with Crippen LogP contribution in [0.4, 0.5) is 13.2 Å². The van der Waals surface area contributed by atoms with Crippen LogP contribution in [0.1, 0.15) is 0 Å². The second-order valence-electron chi connectivity index (χ2n) is 2.49. The summed E-state index contributed by atoms with van der Waals surface area (Å²) in [6, 6.07) is 3.76. The standard InChI is InChI=1S/C7H5F3O3S2.ClH/c8-7(9,10)14-5-1-3-6(4-2-5)15(11,12)13;/h1-4H,(H,11,12,13);1H. The van der Waals surface area contributed by atoms with Crippen molar-refractivity contribution >= 4 is 34.3 Å². The summed E-state index contributed by atoms with van der Waals surface area (Å²) >= 11 is -0.356. The van der Waals surface area contributed by atoms with Gasteiger partial charge in [-0.2, -0.15) is 21.6 Å². The van der Waals surface area contributed by atoms with E-state index >= 15 is 0 Å². The summed E-state index contributed by atoms with van der Waals surface area (Å²) in [6.45, 7) is 0. The average Bonchev–Trinajstić information content (AvgIpc) is 2.00. The van der Waals surface area contributed by atoms with Crippen LogP contribution in [-0.4, -0.2) is 18.5 Å². The molecule has 0 aliphatic rings. The monoisotopic (exact) mass is 294 g/mol. The highest BCUT2D eigenvalue weighted by molar-refractivity contribution is 8.00. The first-order chi connectivity index (χ1) is 6.68. The van der Waals surface area contributed by atoms with Gasteiger partial charge in [-0.15, -0.1) is 12.4 Å². The maximum absolute atomic E-state index is 11.9. The molecule has 1 aromatic carbocycles. The molecular weight excluding hydrogens is 289 g/mol. The van der Waals surface area contributed by atoms with Crippen molar-refractivity contribution in [2.75, 3.05) is 0 Å². The molecule has 1 aromatic rings. The van der Waals surface area contributed by atoms with E-state index in [-0.39, 0.29) is 29.1 Å². The number of thioether (sulfide) groups is 1. The fourth-order valence-electron chi connectivity index (χ4n) is 0.813. The van der Waals surface area contributed by atoms with Gasteiger partial charge >= 0.3 is 5.51 Å². The van der Waals surface area contributed by atoms with E-state index in [2.05, 4.69) is 0 Å². The SMILES string of the molecule is Cl.O=S(=O)(O)c1ccc(SC(F)(F)F)cc1. The number of halogens is 4. The lowest BCUT2D eigenvalue weighted by atomic mass is 10.4. The summed E-state index contributed by atoms with van der Waals surface area (Å²) in [5.41, 5.74) is -4.42. The molecule has 0 amide bonds. The van der Waals surface area contributed by atoms with Gasteiger partial charge < -0.3 is 0 Å². The van der Waals surface area contributed by atoms with Gasteiger partial charge in [-0.25, -0.2) is 0 Å². The number of hydrogen-bond donors (Lipinski definition) is 1. The van der Waals surface area contributed by atoms with Crippen molar-refractivity contribution in [3.05, 3.63) is 24.3 Å². The maximum Gasteiger partial charge on any atom is 0.446 e. The Bertz CT molecular complexity index is 441. The van der Waals surface area contributed by atoms with Crippen LogP contribution in [0.5, 0.6) is 0 Å². The van der Waals surface area contributed by atoms with Crippen LogP contribution < -0.4 is 0 Å². The quantitative estimate of drug-likeness (QED) is 0.673. The first kappa shape index (κ1) is 15.6. The van der Waals surface area contributed by atoms with Gasteiger partial charge in [0.25, 0.3) is 10.1 Å². The van der Waals surface area contributed by atoms with Crippen LogP contribution in [-0.2, 0) is 10.1 Å². The zero-order valence-corrected chi connectivity index (χ0v) is 9.88. The Kier molecular flexibility index (Phi) is 5.12. The van der Waals surface area contributed by atoms with Crippen LogP contribution in [0.25, 0.3) is 0 Å². The third kappa shape index (κ3) is 5.06. The highest BCUT2D eigenvalue weighted by Crippen LogP contribution is 2.36. The first-order valence-electron chi connectivity index (χ1n) is 3.52. The number of rotatable bonds is 2. The van der Waals surface area contributed by atoms with E-state index < -0.39 is 20.5 Å². The van der Waals surface area contributed by atoms with E-state index in [0.29, 0.717) is 0 Å². The molecular formula is C7H6ClF3O3S2. The molecule has 1 N–H and O–H groups in total. The topological polar surface area (TPSA) is 54.4 Å². The molecule has 0 spiro atoms. The second kappa shape index (κ2) is 5.26. The summed E-state index contributed by atoms with van der Waals surface area (Å²) in [4.78, 5) is -0.580. The summed E-state index contributed by atoms with van der Waals surface area (Å²) in [7, 11) is -4.35. The van der Waals surface area contributed by atoms with E-state index in [4.69, 9.17) is 4.55 Å². The molecule has 3 nitrogen and oxygen atoms in total. The summed E-state index contributed by atoms with van der Waals surface area (Å²) < 4.78 is 65.3. The van der Waals surface area contributed by atoms with Crippen molar-refractivity contribution in [3.8, 4) is 0 Å². The Hall–Kier alpha value is -0.440. The lowest BCUT2D eigenvalue weighted by Gasteiger charge is -2.05. The molecule has 0 atom stereocenters. The Morgan fingerprint density at radius 2 is 1.56 bits per heavy atom. The maximum atomic E-state index is 11.9. The lowest BCUT2D eigenvalue weighted by Crippen LogP contribution is -2.00. The van der Waals surface area contributed by atoms with E-state index in [1.807, 2.05) is 0 Å². The molecule has 0 saturated carbocycles. The first-order valence-corrected chi connectivity index (χ1v) is 5.77. The second-order valence-corrected chi connectivity index (χ2v) is 5.05. The largest absolute Gasteiger partial charge is 0.446 e. The lowest BCUT2D eigenvalue weighted by molar-refractivity contribution is -0.0328. The van der Waals surface area contributed by atoms with Gasteiger partial charge in [0.15, 0.2) is 0 Å². The zero-order valence-electron chi connectivity index (χ0n) is 7.43. The van der Waals surface area contributed by atoms with Gasteiger partial charge in [-0.3, -0.25) is 4.55 Å². The Morgan fingerprint density at radius 3 is 1.88 bits per heavy atom. The molecule has 0 radical (unpaired) electrons. The molecule has 0 heterocycles. The van der Waals surface area contributed by atoms with Gasteiger partial charge in [0.2, 0.25) is 0 Å². The van der Waals surface area contributed by atoms with Crippen molar-refractivity contribution in [1.82, 2.24) is 0 Å². The van der Waals surface area contributed by atoms with Crippen LogP contribution in [0.2, 0.25) is 0 Å². The minimum Gasteiger partial charge on any atom is -0.282 e. The minimum absolute atomic E-state index is 0. The van der Waals surface area contributed by atoms with Crippen LogP contribution in [0, 0.1) is 0 Å². The van der Waals surface area contributed by atoms with Gasteiger partial charge in [0.1, 0.15) is 0 Å². The minimum atomic E-state index is -4.42. The average molecular weight is 295 g/mol. The smallest absolute Gasteiger partial charge is 0.282 e. The van der Waals surface area contributed by atoms with E-state index in [1.165, 1.54) is 0 Å². The number of alkyl halides is 3. The summed E-state index contributed by atoms with van der Waals surface area (Å²) in [5.74, 6) is 0. The Labute approximate surface area is 100 Å². The molecule has 0 aromatic heterocycles. The van der Waals surface area contributed by atoms with Crippen molar-refractivity contribution in [3.63, 3.8) is 0 Å². The normalized spacial score (nSPS) is 12.0. The Morgan fingerprint density at radius 1 is 1.12 bits per heavy atom. The molecule has 0 aliphatic heterocycles. The van der Waals surface area contributed by atoms with Crippen LogP contribution in [0.3, 0.4) is 0 Å². The number of benzene rings is 1. The molecule has 0 bridgehead atoms. The third-order valence-electron chi connectivity index (χ3n) is 1.36. The van der Waals surface area contributed by atoms with Crippen LogP contribution >= 0.6 is 24.2 Å². The molecule has 0 fully saturated rings. The Balaban J connectivity index is 0.00000225. The van der Waals surface area contributed by atoms with Gasteiger partial charge in [0.05, 0.1) is 4.90 Å². The van der Waals surface area contributed by atoms with Crippen molar-refractivity contribution < 1.29 is 26.1 Å². The summed E-state index contributed by atoms with van der Waals surface area (Å²) in [5, 5.41) is 0. The fraction of sp³-hybridized carbons (Fsp3) is 0.143. The molecule has 16 heavy (non-hydrogen) atoms. The zero-order chi connectivity index (χ0) is 11.7. The molecule has 92 valence electrons. The highest BCUT2D eigenvalue weighted by atomic mass is 35.5. The van der Waals surface area contributed by atoms with E-state index in [1.54, 1.807) is 0 Å². The van der Waals surface area contributed by atoms with Crippen LogP contribution in [0.15, 0.2) is 34.1 Å². The molecule has 0 aliphatic carbocycles. The van der Waals surface area contributed by atoms with Gasteiger partial charge in [-0.1, -0.05) is 0 Å². The van der Waals surface area contributed by atoms with E-state index in [9.17, 15) is 21.6 Å². The highest BCUT2D eigenvalue weighted by Gasteiger charge is 2.29. The van der Waals surface area contributed by atoms with Gasteiger partial charge in [0, 0.05) is 4.90 Å². The van der Waals surface area contributed by atoms with E-state index in [0.717, 1.165) is 24.3 Å². The molecule has 0 saturated heterocycles. The predicted molar refractivity (Wildman–Crippen MR) is 55.4 cm³/mol. The van der Waals surface area contributed by atoms with Crippen molar-refractivity contribution in [2.45, 2.75) is 15.3 Å². The van der Waals surface area contributed by atoms with Gasteiger partial charge in [-0.05, 0) is 36.0 Å². The predicted octanol–water partition coefficient (Wildman–Crippen LogP) is 2.97. The summed E-state index contributed by atoms with van der Waals surface area (Å²) in [6.07, 6.45) is 0. The van der Waals surface area contributed by atoms with Crippen molar-refractivity contribution in [1.29, 1.82) is 0 Å². The molecule has 1 rings (SSSR count). The fourth-order valence-corrected chi connectivity index (χ4v) is 1.83. The molecule has 9 heteroatoms. The van der Waals surface area contributed by atoms with Crippen molar-refractivity contribution in [2.24, 2.45) is 0 Å². The third-order valence-corrected chi connectivity index (χ3v) is 2.96. The molecule has 0 unspecified atom stereocenters.